The Hall–Kier alpha value is -2.25. The smallest absolute Gasteiger partial charge is 0.254 e. The second kappa shape index (κ2) is 6.39. The Bertz CT molecular complexity index is 859. The standard InChI is InChI=1S/C20H26F2N6/c1-12-5-8-28(26-12)19-24-17(23-14-3-6-20(21,22)7-4-14)9-18(25-19)27-10-15-13(2)16(15)11-27/h5,8-9,13-16H,3-4,6-7,10-11H2,1-2H3,(H,23,24,25). The third kappa shape index (κ3) is 3.33. The van der Waals surface area contributed by atoms with E-state index < -0.39 is 5.92 Å². The second-order valence-corrected chi connectivity index (χ2v) is 8.68. The Labute approximate surface area is 163 Å². The van der Waals surface area contributed by atoms with Crippen LogP contribution >= 0.6 is 0 Å². The average Bonchev–Trinajstić information content (AvgIpc) is 3.06. The van der Waals surface area contributed by atoms with E-state index in [4.69, 9.17) is 4.98 Å². The maximum Gasteiger partial charge on any atom is 0.254 e. The van der Waals surface area contributed by atoms with Gasteiger partial charge in [-0.2, -0.15) is 15.1 Å². The topological polar surface area (TPSA) is 58.9 Å². The van der Waals surface area contributed by atoms with E-state index in [9.17, 15) is 8.78 Å². The number of piperidine rings is 1. The Morgan fingerprint density at radius 2 is 1.86 bits per heavy atom. The zero-order chi connectivity index (χ0) is 19.5. The minimum Gasteiger partial charge on any atom is -0.367 e. The molecule has 0 spiro atoms. The first-order chi connectivity index (χ1) is 13.4. The van der Waals surface area contributed by atoms with Gasteiger partial charge in [0.25, 0.3) is 5.95 Å². The summed E-state index contributed by atoms with van der Waals surface area (Å²) in [7, 11) is 0. The summed E-state index contributed by atoms with van der Waals surface area (Å²) in [5.74, 6) is 1.92. The quantitative estimate of drug-likeness (QED) is 0.866. The number of nitrogens with zero attached hydrogens (tertiary/aromatic N) is 5. The molecule has 0 bridgehead atoms. The van der Waals surface area contributed by atoms with Crippen LogP contribution in [0.4, 0.5) is 20.4 Å². The highest BCUT2D eigenvalue weighted by molar-refractivity contribution is 5.53. The lowest BCUT2D eigenvalue weighted by molar-refractivity contribution is -0.0361. The molecule has 0 aromatic carbocycles. The van der Waals surface area contributed by atoms with Crippen LogP contribution in [0.15, 0.2) is 18.3 Å². The van der Waals surface area contributed by atoms with Crippen molar-refractivity contribution in [1.29, 1.82) is 0 Å². The van der Waals surface area contributed by atoms with Crippen LogP contribution in [-0.4, -0.2) is 44.8 Å². The number of halogens is 2. The number of alkyl halides is 2. The molecule has 28 heavy (non-hydrogen) atoms. The van der Waals surface area contributed by atoms with Crippen LogP contribution in [0, 0.1) is 24.7 Å². The first kappa shape index (κ1) is 17.8. The minimum absolute atomic E-state index is 0.0154. The maximum absolute atomic E-state index is 13.5. The highest BCUT2D eigenvalue weighted by atomic mass is 19.3. The van der Waals surface area contributed by atoms with E-state index in [0.717, 1.165) is 42.4 Å². The molecule has 2 saturated carbocycles. The van der Waals surface area contributed by atoms with E-state index in [1.54, 1.807) is 4.68 Å². The molecular weight excluding hydrogens is 362 g/mol. The highest BCUT2D eigenvalue weighted by Gasteiger charge is 2.53. The normalized spacial score (nSPS) is 29.0. The number of aryl methyl sites for hydroxylation is 1. The van der Waals surface area contributed by atoms with Crippen LogP contribution < -0.4 is 10.2 Å². The van der Waals surface area contributed by atoms with Gasteiger partial charge in [-0.1, -0.05) is 6.92 Å². The SMILES string of the molecule is Cc1ccn(-c2nc(NC3CCC(F)(F)CC3)cc(N3CC4C(C)C4C3)n2)n1. The second-order valence-electron chi connectivity index (χ2n) is 8.68. The van der Waals surface area contributed by atoms with Crippen molar-refractivity contribution in [3.05, 3.63) is 24.0 Å². The van der Waals surface area contributed by atoms with Crippen LogP contribution in [0.3, 0.4) is 0 Å². The van der Waals surface area contributed by atoms with Gasteiger partial charge in [0.1, 0.15) is 11.6 Å². The Balaban J connectivity index is 1.40. The summed E-state index contributed by atoms with van der Waals surface area (Å²) in [6.45, 7) is 6.29. The van der Waals surface area contributed by atoms with E-state index in [-0.39, 0.29) is 18.9 Å². The van der Waals surface area contributed by atoms with E-state index in [1.165, 1.54) is 0 Å². The van der Waals surface area contributed by atoms with Crippen molar-refractivity contribution in [2.75, 3.05) is 23.3 Å². The number of fused-ring (bicyclic) bond motifs is 1. The lowest BCUT2D eigenvalue weighted by atomic mass is 9.92. The van der Waals surface area contributed by atoms with Crippen LogP contribution in [0.2, 0.25) is 0 Å². The summed E-state index contributed by atoms with van der Waals surface area (Å²) in [5, 5.41) is 7.82. The molecule has 150 valence electrons. The summed E-state index contributed by atoms with van der Waals surface area (Å²) < 4.78 is 28.6. The molecule has 1 N–H and O–H groups in total. The number of hydrogen-bond acceptors (Lipinski definition) is 5. The van der Waals surface area contributed by atoms with Crippen molar-refractivity contribution < 1.29 is 8.78 Å². The number of aromatic nitrogens is 4. The molecule has 2 unspecified atom stereocenters. The van der Waals surface area contributed by atoms with Crippen molar-refractivity contribution >= 4 is 11.6 Å². The summed E-state index contributed by atoms with van der Waals surface area (Å²) in [4.78, 5) is 11.7. The molecule has 3 fully saturated rings. The number of hydrogen-bond donors (Lipinski definition) is 1. The van der Waals surface area contributed by atoms with E-state index in [1.807, 2.05) is 25.3 Å². The fourth-order valence-electron chi connectivity index (χ4n) is 4.69. The monoisotopic (exact) mass is 388 g/mol. The number of anilines is 2. The van der Waals surface area contributed by atoms with Crippen molar-refractivity contribution in [2.45, 2.75) is 51.5 Å². The Morgan fingerprint density at radius 3 is 2.50 bits per heavy atom. The molecule has 3 heterocycles. The zero-order valence-electron chi connectivity index (χ0n) is 16.3. The van der Waals surface area contributed by atoms with Crippen molar-refractivity contribution in [3.63, 3.8) is 0 Å². The molecule has 0 radical (unpaired) electrons. The van der Waals surface area contributed by atoms with Gasteiger partial charge in [0.2, 0.25) is 5.92 Å². The highest BCUT2D eigenvalue weighted by Crippen LogP contribution is 2.52. The predicted molar refractivity (Wildman–Crippen MR) is 103 cm³/mol. The van der Waals surface area contributed by atoms with Gasteiger partial charge in [-0.05, 0) is 43.6 Å². The van der Waals surface area contributed by atoms with Crippen molar-refractivity contribution in [3.8, 4) is 5.95 Å². The largest absolute Gasteiger partial charge is 0.367 e. The Kier molecular flexibility index (Phi) is 4.07. The summed E-state index contributed by atoms with van der Waals surface area (Å²) in [6.07, 6.45) is 2.62. The third-order valence-electron chi connectivity index (χ3n) is 6.64. The summed E-state index contributed by atoms with van der Waals surface area (Å²) in [5.41, 5.74) is 0.897. The van der Waals surface area contributed by atoms with Crippen LogP contribution in [-0.2, 0) is 0 Å². The van der Waals surface area contributed by atoms with Crippen LogP contribution in [0.25, 0.3) is 5.95 Å². The molecular formula is C20H26F2N6. The van der Waals surface area contributed by atoms with Gasteiger partial charge in [-0.15, -0.1) is 0 Å². The van der Waals surface area contributed by atoms with Gasteiger partial charge in [-0.25, -0.2) is 13.5 Å². The maximum atomic E-state index is 13.5. The minimum atomic E-state index is -2.53. The van der Waals surface area contributed by atoms with Gasteiger partial charge >= 0.3 is 0 Å². The molecule has 3 aliphatic rings. The van der Waals surface area contributed by atoms with Gasteiger partial charge in [-0.3, -0.25) is 0 Å². The lowest BCUT2D eigenvalue weighted by Crippen LogP contribution is -2.32. The zero-order valence-corrected chi connectivity index (χ0v) is 16.3. The molecule has 1 saturated heterocycles. The molecule has 2 aromatic rings. The van der Waals surface area contributed by atoms with E-state index in [2.05, 4.69) is 27.2 Å². The van der Waals surface area contributed by atoms with Crippen LogP contribution in [0.1, 0.15) is 38.3 Å². The number of nitrogens with one attached hydrogen (secondary N) is 1. The molecule has 1 aliphatic heterocycles. The average molecular weight is 388 g/mol. The molecule has 2 aliphatic carbocycles. The first-order valence-corrected chi connectivity index (χ1v) is 10.2. The molecule has 5 rings (SSSR count). The van der Waals surface area contributed by atoms with Gasteiger partial charge in [0.05, 0.1) is 5.69 Å². The molecule has 6 nitrogen and oxygen atoms in total. The Morgan fingerprint density at radius 1 is 1.14 bits per heavy atom. The van der Waals surface area contributed by atoms with Gasteiger partial charge < -0.3 is 10.2 Å². The van der Waals surface area contributed by atoms with Crippen LogP contribution in [0.5, 0.6) is 0 Å². The molecule has 2 aromatic heterocycles. The van der Waals surface area contributed by atoms with Crippen molar-refractivity contribution in [1.82, 2.24) is 19.7 Å². The third-order valence-corrected chi connectivity index (χ3v) is 6.64. The lowest BCUT2D eigenvalue weighted by Gasteiger charge is -2.29. The van der Waals surface area contributed by atoms with E-state index >= 15 is 0 Å². The fraction of sp³-hybridized carbons (Fsp3) is 0.650. The van der Waals surface area contributed by atoms with E-state index in [0.29, 0.717) is 24.6 Å². The molecule has 0 amide bonds. The summed E-state index contributed by atoms with van der Waals surface area (Å²) in [6, 6.07) is 3.89. The van der Waals surface area contributed by atoms with Gasteiger partial charge in [0, 0.05) is 44.2 Å². The van der Waals surface area contributed by atoms with Gasteiger partial charge in [0.15, 0.2) is 0 Å². The molecule has 8 heteroatoms. The molecule has 2 atom stereocenters. The fourth-order valence-corrected chi connectivity index (χ4v) is 4.69. The number of rotatable bonds is 4. The summed E-state index contributed by atoms with van der Waals surface area (Å²) >= 11 is 0. The first-order valence-electron chi connectivity index (χ1n) is 10.2. The predicted octanol–water partition coefficient (Wildman–Crippen LogP) is 3.66. The van der Waals surface area contributed by atoms with Crippen molar-refractivity contribution in [2.24, 2.45) is 17.8 Å².